The highest BCUT2D eigenvalue weighted by molar-refractivity contribution is 5.81. The highest BCUT2D eigenvalue weighted by atomic mass is 19.3. The number of Topliss-reactive ketones (excluding diaryl/α,β-unsaturated/α-hetero) is 1. The number of carbonyl (C=O) groups excluding carboxylic acids is 1. The van der Waals surface area contributed by atoms with Crippen LogP contribution < -0.4 is 0 Å². The Labute approximate surface area is 59.4 Å². The number of hydrogen-bond donors (Lipinski definition) is 0. The predicted molar refractivity (Wildman–Crippen MR) is 35.1 cm³/mol. The molecule has 0 amide bonds. The lowest BCUT2D eigenvalue weighted by molar-refractivity contribution is -0.129. The number of alkyl halides is 2. The Morgan fingerprint density at radius 1 is 1.40 bits per heavy atom. The smallest absolute Gasteiger partial charge is 0.293 e. The van der Waals surface area contributed by atoms with E-state index in [0.717, 1.165) is 0 Å². The number of hydrogen-bond acceptors (Lipinski definition) is 1. The SMILES string of the molecule is CC(C)CCC(=O)C(F)F. The standard InChI is InChI=1S/C7H12F2O/c1-5(2)3-4-6(10)7(8)9/h5,7H,3-4H2,1-2H3. The van der Waals surface area contributed by atoms with E-state index in [1.54, 1.807) is 0 Å². The molecule has 0 spiro atoms. The van der Waals surface area contributed by atoms with Crippen molar-refractivity contribution in [2.24, 2.45) is 5.92 Å². The quantitative estimate of drug-likeness (QED) is 0.600. The summed E-state index contributed by atoms with van der Waals surface area (Å²) in [6, 6.07) is 0. The Hall–Kier alpha value is -0.470. The Kier molecular flexibility index (Phi) is 4.16. The van der Waals surface area contributed by atoms with Crippen molar-refractivity contribution in [1.82, 2.24) is 0 Å². The van der Waals surface area contributed by atoms with Crippen molar-refractivity contribution in [2.45, 2.75) is 33.1 Å². The molecule has 0 aromatic heterocycles. The van der Waals surface area contributed by atoms with E-state index in [1.165, 1.54) is 0 Å². The van der Waals surface area contributed by atoms with Gasteiger partial charge in [-0.3, -0.25) is 4.79 Å². The molecule has 10 heavy (non-hydrogen) atoms. The Balaban J connectivity index is 3.40. The van der Waals surface area contributed by atoms with Crippen molar-refractivity contribution < 1.29 is 13.6 Å². The predicted octanol–water partition coefficient (Wildman–Crippen LogP) is 2.26. The van der Waals surface area contributed by atoms with Gasteiger partial charge in [0.05, 0.1) is 0 Å². The molecule has 0 aliphatic rings. The fraction of sp³-hybridized carbons (Fsp3) is 0.857. The van der Waals surface area contributed by atoms with Crippen LogP contribution in [0.5, 0.6) is 0 Å². The van der Waals surface area contributed by atoms with Crippen molar-refractivity contribution >= 4 is 5.78 Å². The lowest BCUT2D eigenvalue weighted by atomic mass is 10.1. The highest BCUT2D eigenvalue weighted by Crippen LogP contribution is 2.07. The zero-order chi connectivity index (χ0) is 8.15. The van der Waals surface area contributed by atoms with E-state index in [2.05, 4.69) is 0 Å². The number of rotatable bonds is 4. The molecule has 0 saturated heterocycles. The molecule has 0 aliphatic heterocycles. The maximum Gasteiger partial charge on any atom is 0.295 e. The minimum atomic E-state index is -2.78. The second kappa shape index (κ2) is 4.36. The van der Waals surface area contributed by atoms with Gasteiger partial charge in [0, 0.05) is 6.42 Å². The average Bonchev–Trinajstić information content (AvgIpc) is 1.82. The van der Waals surface area contributed by atoms with Gasteiger partial charge >= 0.3 is 0 Å². The van der Waals surface area contributed by atoms with Crippen molar-refractivity contribution in [3.05, 3.63) is 0 Å². The largest absolute Gasteiger partial charge is 0.295 e. The first kappa shape index (κ1) is 9.53. The van der Waals surface area contributed by atoms with Crippen LogP contribution in [0.1, 0.15) is 26.7 Å². The molecule has 0 atom stereocenters. The van der Waals surface area contributed by atoms with E-state index >= 15 is 0 Å². The van der Waals surface area contributed by atoms with Crippen LogP contribution in [0.25, 0.3) is 0 Å². The van der Waals surface area contributed by atoms with Gasteiger partial charge in [0.1, 0.15) is 0 Å². The fourth-order valence-corrected chi connectivity index (χ4v) is 0.540. The van der Waals surface area contributed by atoms with Gasteiger partial charge in [-0.15, -0.1) is 0 Å². The van der Waals surface area contributed by atoms with E-state index in [-0.39, 0.29) is 6.42 Å². The molecule has 0 radical (unpaired) electrons. The highest BCUT2D eigenvalue weighted by Gasteiger charge is 2.14. The summed E-state index contributed by atoms with van der Waals surface area (Å²) in [6.45, 7) is 3.80. The average molecular weight is 150 g/mol. The molecule has 0 N–H and O–H groups in total. The van der Waals surface area contributed by atoms with Crippen LogP contribution >= 0.6 is 0 Å². The summed E-state index contributed by atoms with van der Waals surface area (Å²) in [5.74, 6) is -0.614. The van der Waals surface area contributed by atoms with Crippen LogP contribution in [0.2, 0.25) is 0 Å². The van der Waals surface area contributed by atoms with Crippen molar-refractivity contribution in [2.75, 3.05) is 0 Å². The van der Waals surface area contributed by atoms with Gasteiger partial charge in [-0.25, -0.2) is 8.78 Å². The monoisotopic (exact) mass is 150 g/mol. The summed E-state index contributed by atoms with van der Waals surface area (Å²) >= 11 is 0. The van der Waals surface area contributed by atoms with Gasteiger partial charge in [-0.2, -0.15) is 0 Å². The lowest BCUT2D eigenvalue weighted by Gasteiger charge is -2.01. The zero-order valence-corrected chi connectivity index (χ0v) is 6.23. The second-order valence-corrected chi connectivity index (χ2v) is 2.70. The molecule has 0 fully saturated rings. The molecule has 0 aromatic rings. The van der Waals surface area contributed by atoms with E-state index in [0.29, 0.717) is 12.3 Å². The van der Waals surface area contributed by atoms with Gasteiger partial charge in [-0.05, 0) is 12.3 Å². The van der Waals surface area contributed by atoms with Gasteiger partial charge < -0.3 is 0 Å². The molecule has 0 aromatic carbocycles. The Morgan fingerprint density at radius 3 is 2.20 bits per heavy atom. The first-order valence-corrected chi connectivity index (χ1v) is 3.35. The van der Waals surface area contributed by atoms with E-state index in [1.807, 2.05) is 13.8 Å². The summed E-state index contributed by atoms with van der Waals surface area (Å²) < 4.78 is 23.1. The molecule has 0 bridgehead atoms. The normalized spacial score (nSPS) is 11.0. The molecule has 1 nitrogen and oxygen atoms in total. The maximum absolute atomic E-state index is 11.5. The summed E-state index contributed by atoms with van der Waals surface area (Å²) in [6.07, 6.45) is -2.21. The summed E-state index contributed by atoms with van der Waals surface area (Å²) in [5, 5.41) is 0. The van der Waals surface area contributed by atoms with Crippen molar-refractivity contribution in [1.29, 1.82) is 0 Å². The lowest BCUT2D eigenvalue weighted by Crippen LogP contribution is -2.10. The third-order valence-corrected chi connectivity index (χ3v) is 1.21. The molecule has 0 aliphatic carbocycles. The molecule has 0 rings (SSSR count). The number of halogens is 2. The van der Waals surface area contributed by atoms with Crippen LogP contribution in [0.15, 0.2) is 0 Å². The second-order valence-electron chi connectivity index (χ2n) is 2.70. The summed E-state index contributed by atoms with van der Waals surface area (Å²) in [5.41, 5.74) is 0. The molecule has 3 heteroatoms. The Morgan fingerprint density at radius 2 is 1.90 bits per heavy atom. The first-order valence-electron chi connectivity index (χ1n) is 3.35. The van der Waals surface area contributed by atoms with Gasteiger partial charge in [0.2, 0.25) is 0 Å². The molecule has 0 saturated carbocycles. The van der Waals surface area contributed by atoms with Gasteiger partial charge in [0.25, 0.3) is 6.43 Å². The topological polar surface area (TPSA) is 17.1 Å². The molecular weight excluding hydrogens is 138 g/mol. The van der Waals surface area contributed by atoms with Crippen LogP contribution in [-0.2, 0) is 4.79 Å². The minimum Gasteiger partial charge on any atom is -0.293 e. The van der Waals surface area contributed by atoms with Crippen LogP contribution in [0.4, 0.5) is 8.78 Å². The molecular formula is C7H12F2O. The zero-order valence-electron chi connectivity index (χ0n) is 6.23. The molecule has 0 heterocycles. The molecule has 60 valence electrons. The van der Waals surface area contributed by atoms with Crippen LogP contribution in [0, 0.1) is 5.92 Å². The Bertz CT molecular complexity index is 110. The number of ketones is 1. The third kappa shape index (κ3) is 4.41. The maximum atomic E-state index is 11.5. The van der Waals surface area contributed by atoms with Crippen molar-refractivity contribution in [3.8, 4) is 0 Å². The van der Waals surface area contributed by atoms with Gasteiger partial charge in [0.15, 0.2) is 5.78 Å². The minimum absolute atomic E-state index is 0.00926. The van der Waals surface area contributed by atoms with Gasteiger partial charge in [-0.1, -0.05) is 13.8 Å². The number of carbonyl (C=O) groups is 1. The van der Waals surface area contributed by atoms with E-state index in [4.69, 9.17) is 0 Å². The van der Waals surface area contributed by atoms with Crippen LogP contribution in [0.3, 0.4) is 0 Å². The van der Waals surface area contributed by atoms with E-state index < -0.39 is 12.2 Å². The van der Waals surface area contributed by atoms with Crippen LogP contribution in [-0.4, -0.2) is 12.2 Å². The third-order valence-electron chi connectivity index (χ3n) is 1.21. The fourth-order valence-electron chi connectivity index (χ4n) is 0.540. The van der Waals surface area contributed by atoms with Crippen molar-refractivity contribution in [3.63, 3.8) is 0 Å². The first-order chi connectivity index (χ1) is 4.54. The summed E-state index contributed by atoms with van der Waals surface area (Å²) in [4.78, 5) is 10.3. The molecule has 0 unspecified atom stereocenters. The van der Waals surface area contributed by atoms with E-state index in [9.17, 15) is 13.6 Å². The summed E-state index contributed by atoms with van der Waals surface area (Å²) in [7, 11) is 0.